The van der Waals surface area contributed by atoms with Gasteiger partial charge in [0, 0.05) is 26.1 Å². The second kappa shape index (κ2) is 10.3. The number of fused-ring (bicyclic) bond motifs is 1. The molecule has 32 heavy (non-hydrogen) atoms. The highest BCUT2D eigenvalue weighted by Gasteiger charge is 2.34. The monoisotopic (exact) mass is 457 g/mol. The summed E-state index contributed by atoms with van der Waals surface area (Å²) < 4.78 is 1.09. The number of carbonyl (C=O) groups is 2. The molecule has 1 N–H and O–H groups in total. The van der Waals surface area contributed by atoms with Crippen molar-refractivity contribution in [2.75, 3.05) is 52.1 Å². The Balaban J connectivity index is 1.33. The maximum atomic E-state index is 12.8. The van der Waals surface area contributed by atoms with Crippen LogP contribution in [-0.4, -0.2) is 78.3 Å². The van der Waals surface area contributed by atoms with Gasteiger partial charge in [0.25, 0.3) is 0 Å². The lowest BCUT2D eigenvalue weighted by molar-refractivity contribution is -0.128. The van der Waals surface area contributed by atoms with E-state index in [2.05, 4.69) is 45.2 Å². The van der Waals surface area contributed by atoms with Gasteiger partial charge in [-0.3, -0.25) is 14.5 Å². The first-order valence-electron chi connectivity index (χ1n) is 11.7. The molecule has 0 aliphatic carbocycles. The summed E-state index contributed by atoms with van der Waals surface area (Å²) in [5.41, 5.74) is 2.21. The summed E-state index contributed by atoms with van der Waals surface area (Å²) in [5, 5.41) is 3.58. The predicted molar refractivity (Wildman–Crippen MR) is 130 cm³/mol. The highest BCUT2D eigenvalue weighted by atomic mass is 32.1. The Kier molecular flexibility index (Phi) is 7.43. The number of nitrogens with one attached hydrogen (secondary N) is 1. The SMILES string of the molecule is CC1CCN(Cc2ccc3nc(NC(=O)C4CC(=O)N(CCCN(C)C)C4)sc3c2)CC1. The fraction of sp³-hybridized carbons (Fsp3) is 0.625. The van der Waals surface area contributed by atoms with Crippen molar-refractivity contribution < 1.29 is 9.59 Å². The van der Waals surface area contributed by atoms with Crippen LogP contribution in [0.5, 0.6) is 0 Å². The number of rotatable bonds is 8. The number of anilines is 1. The molecule has 174 valence electrons. The summed E-state index contributed by atoms with van der Waals surface area (Å²) in [5.74, 6) is 0.507. The summed E-state index contributed by atoms with van der Waals surface area (Å²) >= 11 is 1.51. The Labute approximate surface area is 194 Å². The van der Waals surface area contributed by atoms with Crippen LogP contribution in [0.25, 0.3) is 10.2 Å². The van der Waals surface area contributed by atoms with E-state index in [0.717, 1.165) is 48.7 Å². The van der Waals surface area contributed by atoms with Gasteiger partial charge < -0.3 is 15.1 Å². The van der Waals surface area contributed by atoms with E-state index >= 15 is 0 Å². The number of carbonyl (C=O) groups excluding carboxylic acids is 2. The predicted octanol–water partition coefficient (Wildman–Crippen LogP) is 3.27. The Hall–Kier alpha value is -2.03. The lowest BCUT2D eigenvalue weighted by Gasteiger charge is -2.30. The third-order valence-corrected chi connectivity index (χ3v) is 7.52. The van der Waals surface area contributed by atoms with Gasteiger partial charge in [0.2, 0.25) is 11.8 Å². The number of hydrogen-bond donors (Lipinski definition) is 1. The van der Waals surface area contributed by atoms with E-state index < -0.39 is 0 Å². The molecule has 7 nitrogen and oxygen atoms in total. The molecule has 4 rings (SSSR count). The van der Waals surface area contributed by atoms with Crippen molar-refractivity contribution in [2.24, 2.45) is 11.8 Å². The van der Waals surface area contributed by atoms with E-state index in [1.807, 2.05) is 19.0 Å². The molecule has 1 aromatic carbocycles. The van der Waals surface area contributed by atoms with Crippen LogP contribution in [0.15, 0.2) is 18.2 Å². The highest BCUT2D eigenvalue weighted by molar-refractivity contribution is 7.22. The number of piperidine rings is 1. The average Bonchev–Trinajstić information content (AvgIpc) is 3.32. The molecule has 3 heterocycles. The molecular formula is C24H35N5O2S. The molecule has 2 aliphatic rings. The molecule has 0 bridgehead atoms. The summed E-state index contributed by atoms with van der Waals surface area (Å²) in [6, 6.07) is 6.40. The Bertz CT molecular complexity index is 951. The van der Waals surface area contributed by atoms with Crippen molar-refractivity contribution in [3.8, 4) is 0 Å². The summed E-state index contributed by atoms with van der Waals surface area (Å²) in [7, 11) is 4.05. The van der Waals surface area contributed by atoms with E-state index in [1.165, 1.54) is 29.7 Å². The third kappa shape index (κ3) is 5.85. The van der Waals surface area contributed by atoms with Crippen molar-refractivity contribution in [1.82, 2.24) is 19.7 Å². The van der Waals surface area contributed by atoms with Crippen molar-refractivity contribution in [3.05, 3.63) is 23.8 Å². The van der Waals surface area contributed by atoms with Crippen molar-refractivity contribution >= 4 is 38.5 Å². The van der Waals surface area contributed by atoms with Crippen LogP contribution in [0.3, 0.4) is 0 Å². The Morgan fingerprint density at radius 1 is 1.28 bits per heavy atom. The number of likely N-dealkylation sites (tertiary alicyclic amines) is 2. The van der Waals surface area contributed by atoms with Crippen LogP contribution in [0.2, 0.25) is 0 Å². The lowest BCUT2D eigenvalue weighted by atomic mass is 9.99. The fourth-order valence-electron chi connectivity index (χ4n) is 4.55. The molecule has 0 saturated carbocycles. The van der Waals surface area contributed by atoms with Crippen molar-refractivity contribution in [3.63, 3.8) is 0 Å². The number of aromatic nitrogens is 1. The van der Waals surface area contributed by atoms with Gasteiger partial charge in [0.1, 0.15) is 0 Å². The molecular weight excluding hydrogens is 422 g/mol. The zero-order valence-electron chi connectivity index (χ0n) is 19.5. The van der Waals surface area contributed by atoms with Gasteiger partial charge in [0.05, 0.1) is 16.1 Å². The molecule has 1 unspecified atom stereocenters. The average molecular weight is 458 g/mol. The molecule has 0 radical (unpaired) electrons. The van der Waals surface area contributed by atoms with E-state index in [4.69, 9.17) is 0 Å². The van der Waals surface area contributed by atoms with Gasteiger partial charge in [-0.15, -0.1) is 0 Å². The highest BCUT2D eigenvalue weighted by Crippen LogP contribution is 2.29. The standard InChI is InChI=1S/C24H35N5O2S/c1-17-7-11-28(12-8-17)15-18-5-6-20-21(13-18)32-24(25-20)26-23(31)19-14-22(30)29(16-19)10-4-9-27(2)3/h5-6,13,17,19H,4,7-12,14-16H2,1-3H3,(H,25,26,31). The van der Waals surface area contributed by atoms with E-state index in [0.29, 0.717) is 18.2 Å². The molecule has 8 heteroatoms. The topological polar surface area (TPSA) is 68.8 Å². The van der Waals surface area contributed by atoms with E-state index in [-0.39, 0.29) is 24.2 Å². The molecule has 0 spiro atoms. The minimum atomic E-state index is -0.300. The van der Waals surface area contributed by atoms with Crippen LogP contribution < -0.4 is 5.32 Å². The smallest absolute Gasteiger partial charge is 0.231 e. The second-order valence-corrected chi connectivity index (χ2v) is 10.7. The molecule has 2 aromatic rings. The summed E-state index contributed by atoms with van der Waals surface area (Å²) in [4.78, 5) is 36.1. The number of amides is 2. The van der Waals surface area contributed by atoms with Crippen LogP contribution in [0.1, 0.15) is 38.2 Å². The van der Waals surface area contributed by atoms with Crippen molar-refractivity contribution in [2.45, 2.75) is 39.2 Å². The molecule has 1 aromatic heterocycles. The second-order valence-electron chi connectivity index (χ2n) is 9.67. The van der Waals surface area contributed by atoms with E-state index in [1.54, 1.807) is 0 Å². The summed E-state index contributed by atoms with van der Waals surface area (Å²) in [6.45, 7) is 7.77. The molecule has 2 amide bonds. The zero-order valence-corrected chi connectivity index (χ0v) is 20.3. The van der Waals surface area contributed by atoms with Gasteiger partial charge in [-0.2, -0.15) is 0 Å². The summed E-state index contributed by atoms with van der Waals surface area (Å²) in [6.07, 6.45) is 3.76. The Morgan fingerprint density at radius 2 is 2.06 bits per heavy atom. The van der Waals surface area contributed by atoms with Crippen LogP contribution in [-0.2, 0) is 16.1 Å². The fourth-order valence-corrected chi connectivity index (χ4v) is 5.48. The molecule has 2 fully saturated rings. The zero-order chi connectivity index (χ0) is 22.7. The van der Waals surface area contributed by atoms with Gasteiger partial charge in [0.15, 0.2) is 5.13 Å². The minimum Gasteiger partial charge on any atom is -0.342 e. The number of thiazole rings is 1. The van der Waals surface area contributed by atoms with Crippen LogP contribution >= 0.6 is 11.3 Å². The van der Waals surface area contributed by atoms with Gasteiger partial charge in [-0.1, -0.05) is 24.3 Å². The first kappa shape index (κ1) is 23.1. The first-order valence-corrected chi connectivity index (χ1v) is 12.5. The first-order chi connectivity index (χ1) is 15.4. The van der Waals surface area contributed by atoms with Crippen LogP contribution in [0, 0.1) is 11.8 Å². The van der Waals surface area contributed by atoms with Gasteiger partial charge in [-0.05, 0) is 76.6 Å². The molecule has 1 atom stereocenters. The third-order valence-electron chi connectivity index (χ3n) is 6.58. The van der Waals surface area contributed by atoms with E-state index in [9.17, 15) is 9.59 Å². The lowest BCUT2D eigenvalue weighted by Crippen LogP contribution is -2.32. The number of nitrogens with zero attached hydrogens (tertiary/aromatic N) is 4. The maximum absolute atomic E-state index is 12.8. The van der Waals surface area contributed by atoms with Crippen molar-refractivity contribution in [1.29, 1.82) is 0 Å². The molecule has 2 aliphatic heterocycles. The quantitative estimate of drug-likeness (QED) is 0.659. The largest absolute Gasteiger partial charge is 0.342 e. The normalized spacial score (nSPS) is 20.6. The molecule has 2 saturated heterocycles. The van der Waals surface area contributed by atoms with Gasteiger partial charge in [-0.25, -0.2) is 4.98 Å². The van der Waals surface area contributed by atoms with Crippen LogP contribution in [0.4, 0.5) is 5.13 Å². The minimum absolute atomic E-state index is 0.0740. The number of hydrogen-bond acceptors (Lipinski definition) is 6. The number of benzene rings is 1. The Morgan fingerprint density at radius 3 is 2.81 bits per heavy atom. The van der Waals surface area contributed by atoms with Gasteiger partial charge >= 0.3 is 0 Å². The maximum Gasteiger partial charge on any atom is 0.231 e.